The highest BCUT2D eigenvalue weighted by Crippen LogP contribution is 2.39. The summed E-state index contributed by atoms with van der Waals surface area (Å²) in [6.45, 7) is 0.377. The standard InChI is InChI=1S/C24H24FN5O3S/c25-18-6-8-20(9-7-18)34(32,33)30-11-1-2-23(30)24(31)27-14-19-12-22(29-15-28-19)17-5-10-21(26-13-17)16-3-4-16/h5-10,12-13,15-16,23H,1-4,11,14H2,(H,27,31). The van der Waals surface area contributed by atoms with Gasteiger partial charge in [0, 0.05) is 29.9 Å². The van der Waals surface area contributed by atoms with Crippen LogP contribution in [0.5, 0.6) is 0 Å². The number of rotatable bonds is 7. The molecule has 3 aromatic rings. The molecular weight excluding hydrogens is 457 g/mol. The summed E-state index contributed by atoms with van der Waals surface area (Å²) < 4.78 is 40.4. The van der Waals surface area contributed by atoms with Crippen LogP contribution in [0.1, 0.15) is 43.0 Å². The average Bonchev–Trinajstić information content (AvgIpc) is 3.58. The first kappa shape index (κ1) is 22.5. The van der Waals surface area contributed by atoms with Crippen LogP contribution >= 0.6 is 0 Å². The van der Waals surface area contributed by atoms with Crippen molar-refractivity contribution in [1.82, 2.24) is 24.6 Å². The van der Waals surface area contributed by atoms with E-state index in [0.29, 0.717) is 30.1 Å². The van der Waals surface area contributed by atoms with Crippen molar-refractivity contribution in [2.24, 2.45) is 0 Å². The zero-order valence-electron chi connectivity index (χ0n) is 18.4. The fraction of sp³-hybridized carbons (Fsp3) is 0.333. The molecule has 1 aliphatic carbocycles. The number of benzene rings is 1. The van der Waals surface area contributed by atoms with E-state index in [1.165, 1.54) is 35.6 Å². The summed E-state index contributed by atoms with van der Waals surface area (Å²) in [5.74, 6) is -0.334. The Kier molecular flexibility index (Phi) is 6.09. The number of halogens is 1. The molecule has 2 aliphatic rings. The molecule has 1 atom stereocenters. The Hall–Kier alpha value is -3.24. The highest BCUT2D eigenvalue weighted by molar-refractivity contribution is 7.89. The van der Waals surface area contributed by atoms with E-state index in [4.69, 9.17) is 0 Å². The molecule has 5 rings (SSSR count). The van der Waals surface area contributed by atoms with Gasteiger partial charge in [-0.15, -0.1) is 0 Å². The lowest BCUT2D eigenvalue weighted by Crippen LogP contribution is -2.45. The number of pyridine rings is 1. The Bertz CT molecular complexity index is 1290. The van der Waals surface area contributed by atoms with Crippen LogP contribution in [0.3, 0.4) is 0 Å². The fourth-order valence-electron chi connectivity index (χ4n) is 4.16. The average molecular weight is 482 g/mol. The van der Waals surface area contributed by atoms with E-state index in [2.05, 4.69) is 20.3 Å². The third-order valence-electron chi connectivity index (χ3n) is 6.17. The van der Waals surface area contributed by atoms with Gasteiger partial charge < -0.3 is 5.32 Å². The monoisotopic (exact) mass is 481 g/mol. The molecule has 0 radical (unpaired) electrons. The van der Waals surface area contributed by atoms with Gasteiger partial charge in [-0.25, -0.2) is 22.8 Å². The third kappa shape index (κ3) is 4.69. The molecular formula is C24H24FN5O3S. The predicted molar refractivity (Wildman–Crippen MR) is 122 cm³/mol. The number of aromatic nitrogens is 3. The number of nitrogens with zero attached hydrogens (tertiary/aromatic N) is 4. The van der Waals surface area contributed by atoms with Gasteiger partial charge in [0.25, 0.3) is 0 Å². The van der Waals surface area contributed by atoms with Crippen molar-refractivity contribution in [2.75, 3.05) is 6.54 Å². The number of hydrogen-bond acceptors (Lipinski definition) is 6. The lowest BCUT2D eigenvalue weighted by atomic mass is 10.1. The van der Waals surface area contributed by atoms with E-state index in [9.17, 15) is 17.6 Å². The van der Waals surface area contributed by atoms with Gasteiger partial charge in [0.05, 0.1) is 22.8 Å². The molecule has 1 unspecified atom stereocenters. The first-order valence-electron chi connectivity index (χ1n) is 11.2. The van der Waals surface area contributed by atoms with Gasteiger partial charge in [-0.3, -0.25) is 9.78 Å². The molecule has 1 N–H and O–H groups in total. The van der Waals surface area contributed by atoms with Gasteiger partial charge in [-0.2, -0.15) is 4.31 Å². The molecule has 2 fully saturated rings. The van der Waals surface area contributed by atoms with Crippen LogP contribution in [0.25, 0.3) is 11.3 Å². The molecule has 10 heteroatoms. The first-order valence-corrected chi connectivity index (χ1v) is 12.7. The van der Waals surface area contributed by atoms with Crippen molar-refractivity contribution in [3.8, 4) is 11.3 Å². The van der Waals surface area contributed by atoms with Crippen molar-refractivity contribution in [1.29, 1.82) is 0 Å². The van der Waals surface area contributed by atoms with Crippen LogP contribution in [-0.2, 0) is 21.4 Å². The molecule has 3 heterocycles. The Morgan fingerprint density at radius 3 is 2.56 bits per heavy atom. The summed E-state index contributed by atoms with van der Waals surface area (Å²) in [7, 11) is -3.91. The molecule has 2 aromatic heterocycles. The van der Waals surface area contributed by atoms with E-state index >= 15 is 0 Å². The largest absolute Gasteiger partial charge is 0.349 e. The van der Waals surface area contributed by atoms with Crippen LogP contribution in [-0.4, -0.2) is 46.2 Å². The minimum absolute atomic E-state index is 0.0321. The van der Waals surface area contributed by atoms with Gasteiger partial charge in [0.2, 0.25) is 15.9 Å². The molecule has 1 aliphatic heterocycles. The number of carbonyl (C=O) groups is 1. The molecule has 0 spiro atoms. The number of carbonyl (C=O) groups excluding carboxylic acids is 1. The van der Waals surface area contributed by atoms with Crippen LogP contribution in [0.2, 0.25) is 0 Å². The second-order valence-corrected chi connectivity index (χ2v) is 10.5. The van der Waals surface area contributed by atoms with Crippen LogP contribution in [0, 0.1) is 5.82 Å². The molecule has 1 saturated heterocycles. The van der Waals surface area contributed by atoms with E-state index in [1.807, 2.05) is 12.1 Å². The van der Waals surface area contributed by atoms with Gasteiger partial charge in [-0.1, -0.05) is 0 Å². The third-order valence-corrected chi connectivity index (χ3v) is 8.09. The summed E-state index contributed by atoms with van der Waals surface area (Å²) in [5, 5.41) is 2.80. The maximum absolute atomic E-state index is 13.2. The normalized spacial score (nSPS) is 18.7. The highest BCUT2D eigenvalue weighted by Gasteiger charge is 2.39. The molecule has 0 bridgehead atoms. The minimum Gasteiger partial charge on any atom is -0.349 e. The summed E-state index contributed by atoms with van der Waals surface area (Å²) in [6, 6.07) is 9.60. The lowest BCUT2D eigenvalue weighted by molar-refractivity contribution is -0.124. The predicted octanol–water partition coefficient (Wildman–Crippen LogP) is 3.02. The summed E-state index contributed by atoms with van der Waals surface area (Å²) >= 11 is 0. The van der Waals surface area contributed by atoms with E-state index in [1.54, 1.807) is 12.3 Å². The second kappa shape index (κ2) is 9.19. The van der Waals surface area contributed by atoms with Crippen molar-refractivity contribution in [3.05, 3.63) is 72.2 Å². The van der Waals surface area contributed by atoms with Gasteiger partial charge >= 0.3 is 0 Å². The smallest absolute Gasteiger partial charge is 0.243 e. The summed E-state index contributed by atoms with van der Waals surface area (Å²) in [6.07, 6.45) is 6.60. The molecule has 8 nitrogen and oxygen atoms in total. The first-order chi connectivity index (χ1) is 16.4. The topological polar surface area (TPSA) is 105 Å². The Labute approximate surface area is 197 Å². The van der Waals surface area contributed by atoms with Crippen LogP contribution < -0.4 is 5.32 Å². The molecule has 1 amide bonds. The number of nitrogens with one attached hydrogen (secondary N) is 1. The fourth-order valence-corrected chi connectivity index (χ4v) is 5.81. The number of hydrogen-bond donors (Lipinski definition) is 1. The van der Waals surface area contributed by atoms with Gasteiger partial charge in [0.1, 0.15) is 18.2 Å². The Morgan fingerprint density at radius 1 is 1.06 bits per heavy atom. The molecule has 1 aromatic carbocycles. The number of sulfonamides is 1. The van der Waals surface area contributed by atoms with Crippen molar-refractivity contribution >= 4 is 15.9 Å². The molecule has 176 valence electrons. The zero-order valence-corrected chi connectivity index (χ0v) is 19.2. The maximum atomic E-state index is 13.2. The summed E-state index contributed by atoms with van der Waals surface area (Å²) in [5.41, 5.74) is 3.28. The second-order valence-electron chi connectivity index (χ2n) is 8.59. The molecule has 1 saturated carbocycles. The van der Waals surface area contributed by atoms with Crippen molar-refractivity contribution in [3.63, 3.8) is 0 Å². The zero-order chi connectivity index (χ0) is 23.7. The van der Waals surface area contributed by atoms with Crippen molar-refractivity contribution < 1.29 is 17.6 Å². The maximum Gasteiger partial charge on any atom is 0.243 e. The minimum atomic E-state index is -3.91. The Balaban J connectivity index is 1.25. The van der Waals surface area contributed by atoms with E-state index < -0.39 is 21.9 Å². The SMILES string of the molecule is O=C(NCc1cc(-c2ccc(C3CC3)nc2)ncn1)C1CCCN1S(=O)(=O)c1ccc(F)cc1. The van der Waals surface area contributed by atoms with Crippen LogP contribution in [0.15, 0.2) is 59.9 Å². The van der Waals surface area contributed by atoms with E-state index in [-0.39, 0.29) is 23.9 Å². The van der Waals surface area contributed by atoms with E-state index in [0.717, 1.165) is 23.4 Å². The highest BCUT2D eigenvalue weighted by atomic mass is 32.2. The van der Waals surface area contributed by atoms with Crippen LogP contribution in [0.4, 0.5) is 4.39 Å². The number of amides is 1. The molecule has 34 heavy (non-hydrogen) atoms. The van der Waals surface area contributed by atoms with Gasteiger partial charge in [-0.05, 0) is 68.1 Å². The summed E-state index contributed by atoms with van der Waals surface area (Å²) in [4.78, 5) is 25.9. The lowest BCUT2D eigenvalue weighted by Gasteiger charge is -2.23. The van der Waals surface area contributed by atoms with Gasteiger partial charge in [0.15, 0.2) is 0 Å². The van der Waals surface area contributed by atoms with Crippen molar-refractivity contribution in [2.45, 2.75) is 49.1 Å². The quantitative estimate of drug-likeness (QED) is 0.556. The Morgan fingerprint density at radius 2 is 1.85 bits per heavy atom.